The van der Waals surface area contributed by atoms with E-state index in [1.165, 1.54) is 0 Å². The molecule has 0 saturated carbocycles. The van der Waals surface area contributed by atoms with Crippen LogP contribution in [-0.2, 0) is 16.1 Å². The third kappa shape index (κ3) is 5.48. The van der Waals surface area contributed by atoms with E-state index in [1.54, 1.807) is 13.2 Å². The summed E-state index contributed by atoms with van der Waals surface area (Å²) in [6.07, 6.45) is 0.765. The van der Waals surface area contributed by atoms with Gasteiger partial charge >= 0.3 is 0 Å². The predicted octanol–water partition coefficient (Wildman–Crippen LogP) is 1.78. The van der Waals surface area contributed by atoms with Gasteiger partial charge in [0.05, 0.1) is 6.61 Å². The molecule has 0 bridgehead atoms. The lowest BCUT2D eigenvalue weighted by atomic mass is 10.1. The molecular weight excluding hydrogens is 326 g/mol. The van der Waals surface area contributed by atoms with Crippen LogP contribution in [0.2, 0.25) is 0 Å². The van der Waals surface area contributed by atoms with Crippen LogP contribution in [0, 0.1) is 6.92 Å². The lowest BCUT2D eigenvalue weighted by Gasteiger charge is -2.13. The van der Waals surface area contributed by atoms with Crippen molar-refractivity contribution in [1.29, 1.82) is 0 Å². The number of hydrogen-bond acceptors (Lipinski definition) is 4. The highest BCUT2D eigenvalue weighted by atomic mass is 79.9. The minimum absolute atomic E-state index is 0.0670. The van der Waals surface area contributed by atoms with Gasteiger partial charge in [0.1, 0.15) is 5.75 Å². The van der Waals surface area contributed by atoms with Crippen LogP contribution < -0.4 is 10.1 Å². The van der Waals surface area contributed by atoms with Crippen molar-refractivity contribution in [2.45, 2.75) is 20.0 Å². The third-order valence-electron chi connectivity index (χ3n) is 2.68. The van der Waals surface area contributed by atoms with Crippen molar-refractivity contribution in [1.82, 2.24) is 5.32 Å². The molecule has 6 heteroatoms. The zero-order valence-corrected chi connectivity index (χ0v) is 13.3. The van der Waals surface area contributed by atoms with E-state index < -0.39 is 0 Å². The van der Waals surface area contributed by atoms with Crippen molar-refractivity contribution in [3.63, 3.8) is 0 Å². The van der Waals surface area contributed by atoms with E-state index in [-0.39, 0.29) is 19.1 Å². The van der Waals surface area contributed by atoms with Gasteiger partial charge in [0.15, 0.2) is 6.61 Å². The van der Waals surface area contributed by atoms with E-state index >= 15 is 0 Å². The molecule has 0 saturated heterocycles. The quantitative estimate of drug-likeness (QED) is 0.704. The van der Waals surface area contributed by atoms with Crippen LogP contribution in [0.1, 0.15) is 17.5 Å². The van der Waals surface area contributed by atoms with Crippen LogP contribution in [0.15, 0.2) is 16.6 Å². The first-order chi connectivity index (χ1) is 9.58. The van der Waals surface area contributed by atoms with Gasteiger partial charge in [-0.15, -0.1) is 0 Å². The van der Waals surface area contributed by atoms with Crippen LogP contribution >= 0.6 is 15.9 Å². The Morgan fingerprint density at radius 1 is 1.45 bits per heavy atom. The fraction of sp³-hybridized carbons (Fsp3) is 0.500. The second kappa shape index (κ2) is 8.94. The number of benzene rings is 1. The number of nitrogens with one attached hydrogen (secondary N) is 1. The standard InChI is InChI=1S/C14H20BrNO4/c1-10-6-12(15)7-11(8-17)14(10)20-9-13(18)16-4-3-5-19-2/h6-7,17H,3-5,8-9H2,1-2H3,(H,16,18). The summed E-state index contributed by atoms with van der Waals surface area (Å²) in [5.74, 6) is 0.370. The summed E-state index contributed by atoms with van der Waals surface area (Å²) in [5.41, 5.74) is 1.53. The maximum Gasteiger partial charge on any atom is 0.257 e. The Labute approximate surface area is 127 Å². The van der Waals surface area contributed by atoms with Crippen LogP contribution in [-0.4, -0.2) is 37.9 Å². The fourth-order valence-corrected chi connectivity index (χ4v) is 2.38. The number of carbonyl (C=O) groups is 1. The summed E-state index contributed by atoms with van der Waals surface area (Å²) < 4.78 is 11.3. The number of carbonyl (C=O) groups excluding carboxylic acids is 1. The molecule has 1 rings (SSSR count). The normalized spacial score (nSPS) is 10.4. The van der Waals surface area contributed by atoms with Gasteiger partial charge in [-0.25, -0.2) is 0 Å². The zero-order valence-electron chi connectivity index (χ0n) is 11.7. The molecule has 0 fully saturated rings. The van der Waals surface area contributed by atoms with Crippen LogP contribution in [0.3, 0.4) is 0 Å². The highest BCUT2D eigenvalue weighted by Gasteiger charge is 2.10. The Hall–Kier alpha value is -1.11. The number of aliphatic hydroxyl groups excluding tert-OH is 1. The van der Waals surface area contributed by atoms with E-state index in [4.69, 9.17) is 9.47 Å². The second-order valence-corrected chi connectivity index (χ2v) is 5.27. The Morgan fingerprint density at radius 3 is 2.85 bits per heavy atom. The molecule has 20 heavy (non-hydrogen) atoms. The van der Waals surface area contributed by atoms with Gasteiger partial charge in [-0.2, -0.15) is 0 Å². The summed E-state index contributed by atoms with van der Waals surface area (Å²) >= 11 is 3.36. The summed E-state index contributed by atoms with van der Waals surface area (Å²) in [6, 6.07) is 3.66. The van der Waals surface area contributed by atoms with Crippen LogP contribution in [0.25, 0.3) is 0 Å². The molecule has 0 atom stereocenters. The highest BCUT2D eigenvalue weighted by Crippen LogP contribution is 2.28. The molecule has 0 aliphatic carbocycles. The molecule has 0 heterocycles. The molecule has 0 aromatic heterocycles. The number of ether oxygens (including phenoxy) is 2. The molecule has 0 spiro atoms. The van der Waals surface area contributed by atoms with Gasteiger partial charge in [0.2, 0.25) is 0 Å². The molecule has 0 aliphatic heterocycles. The van der Waals surface area contributed by atoms with Gasteiger partial charge < -0.3 is 19.9 Å². The number of amides is 1. The van der Waals surface area contributed by atoms with Crippen molar-refractivity contribution < 1.29 is 19.4 Å². The van der Waals surface area contributed by atoms with E-state index in [9.17, 15) is 9.90 Å². The average Bonchev–Trinajstić information content (AvgIpc) is 2.41. The fourth-order valence-electron chi connectivity index (χ4n) is 1.76. The molecule has 1 aromatic carbocycles. The maximum absolute atomic E-state index is 11.6. The lowest BCUT2D eigenvalue weighted by Crippen LogP contribution is -2.30. The summed E-state index contributed by atoms with van der Waals surface area (Å²) in [5, 5.41) is 12.1. The number of methoxy groups -OCH3 is 1. The third-order valence-corrected chi connectivity index (χ3v) is 3.14. The number of rotatable bonds is 8. The smallest absolute Gasteiger partial charge is 0.257 e. The Balaban J connectivity index is 2.51. The summed E-state index contributed by atoms with van der Waals surface area (Å²) in [4.78, 5) is 11.6. The Bertz CT molecular complexity index is 451. The highest BCUT2D eigenvalue weighted by molar-refractivity contribution is 9.10. The van der Waals surface area contributed by atoms with Gasteiger partial charge in [0.25, 0.3) is 5.91 Å². The summed E-state index contributed by atoms with van der Waals surface area (Å²) in [7, 11) is 1.62. The van der Waals surface area contributed by atoms with Crippen molar-refractivity contribution in [2.24, 2.45) is 0 Å². The van der Waals surface area contributed by atoms with E-state index in [0.29, 0.717) is 24.5 Å². The minimum Gasteiger partial charge on any atom is -0.483 e. The topological polar surface area (TPSA) is 67.8 Å². The first-order valence-electron chi connectivity index (χ1n) is 6.36. The van der Waals surface area contributed by atoms with Gasteiger partial charge in [-0.1, -0.05) is 15.9 Å². The molecular formula is C14H20BrNO4. The lowest BCUT2D eigenvalue weighted by molar-refractivity contribution is -0.123. The van der Waals surface area contributed by atoms with Crippen LogP contribution in [0.4, 0.5) is 0 Å². The molecule has 0 unspecified atom stereocenters. The number of hydrogen-bond donors (Lipinski definition) is 2. The summed E-state index contributed by atoms with van der Waals surface area (Å²) in [6.45, 7) is 2.84. The van der Waals surface area contributed by atoms with Crippen molar-refractivity contribution in [3.05, 3.63) is 27.7 Å². The largest absolute Gasteiger partial charge is 0.483 e. The number of halogens is 1. The second-order valence-electron chi connectivity index (χ2n) is 4.35. The minimum atomic E-state index is -0.188. The number of aliphatic hydroxyl groups is 1. The average molecular weight is 346 g/mol. The maximum atomic E-state index is 11.6. The van der Waals surface area contributed by atoms with Crippen molar-refractivity contribution in [2.75, 3.05) is 26.9 Å². The molecule has 1 aromatic rings. The van der Waals surface area contributed by atoms with E-state index in [2.05, 4.69) is 21.2 Å². The molecule has 1 amide bonds. The SMILES string of the molecule is COCCCNC(=O)COc1c(C)cc(Br)cc1CO. The monoisotopic (exact) mass is 345 g/mol. The van der Waals surface area contributed by atoms with E-state index in [0.717, 1.165) is 16.5 Å². The predicted molar refractivity (Wildman–Crippen MR) is 79.8 cm³/mol. The molecule has 112 valence electrons. The van der Waals surface area contributed by atoms with E-state index in [1.807, 2.05) is 13.0 Å². The molecule has 2 N–H and O–H groups in total. The van der Waals surface area contributed by atoms with Crippen molar-refractivity contribution >= 4 is 21.8 Å². The molecule has 0 radical (unpaired) electrons. The van der Waals surface area contributed by atoms with Gasteiger partial charge in [-0.3, -0.25) is 4.79 Å². The Kier molecular flexibility index (Phi) is 7.58. The van der Waals surface area contributed by atoms with Crippen molar-refractivity contribution in [3.8, 4) is 5.75 Å². The van der Waals surface area contributed by atoms with Gasteiger partial charge in [-0.05, 0) is 31.0 Å². The number of aryl methyl sites for hydroxylation is 1. The first kappa shape index (κ1) is 16.9. The molecule has 5 nitrogen and oxygen atoms in total. The first-order valence-corrected chi connectivity index (χ1v) is 7.16. The zero-order chi connectivity index (χ0) is 15.0. The van der Waals surface area contributed by atoms with Crippen LogP contribution in [0.5, 0.6) is 5.75 Å². The molecule has 0 aliphatic rings. The Morgan fingerprint density at radius 2 is 2.20 bits per heavy atom. The van der Waals surface area contributed by atoms with Gasteiger partial charge in [0, 0.05) is 30.3 Å².